The number of benzene rings is 1. The third kappa shape index (κ3) is 3.20. The molecule has 0 aromatic heterocycles. The number of hydrogen-bond donors (Lipinski definition) is 1. The summed E-state index contributed by atoms with van der Waals surface area (Å²) in [5.74, 6) is 2.29. The van der Waals surface area contributed by atoms with Gasteiger partial charge in [0.1, 0.15) is 0 Å². The fraction of sp³-hybridized carbons (Fsp3) is 0.667. The first-order chi connectivity index (χ1) is 9.17. The van der Waals surface area contributed by atoms with Crippen LogP contribution in [-0.4, -0.2) is 6.54 Å². The fourth-order valence-electron chi connectivity index (χ4n) is 3.83. The minimum absolute atomic E-state index is 0.689. The van der Waals surface area contributed by atoms with E-state index in [2.05, 4.69) is 39.0 Å². The van der Waals surface area contributed by atoms with Crippen LogP contribution in [0.4, 0.5) is 0 Å². The molecular weight excluding hydrogens is 230 g/mol. The molecule has 19 heavy (non-hydrogen) atoms. The second-order valence-corrected chi connectivity index (χ2v) is 6.36. The Balaban J connectivity index is 2.24. The van der Waals surface area contributed by atoms with Gasteiger partial charge in [-0.05, 0) is 67.7 Å². The molecule has 0 heterocycles. The quantitative estimate of drug-likeness (QED) is 0.842. The average molecular weight is 259 g/mol. The Morgan fingerprint density at radius 3 is 2.68 bits per heavy atom. The Bertz CT molecular complexity index is 410. The lowest BCUT2D eigenvalue weighted by molar-refractivity contribution is 0.229. The smallest absolute Gasteiger partial charge is 0.00430 e. The third-order valence-corrected chi connectivity index (χ3v) is 5.15. The van der Waals surface area contributed by atoms with Gasteiger partial charge in [-0.3, -0.25) is 0 Å². The molecule has 0 bridgehead atoms. The van der Waals surface area contributed by atoms with Gasteiger partial charge in [0, 0.05) is 0 Å². The van der Waals surface area contributed by atoms with Crippen LogP contribution in [-0.2, 0) is 0 Å². The van der Waals surface area contributed by atoms with Crippen LogP contribution in [0.5, 0.6) is 0 Å². The average Bonchev–Trinajstić information content (AvgIpc) is 2.42. The molecule has 3 unspecified atom stereocenters. The Labute approximate surface area is 118 Å². The topological polar surface area (TPSA) is 26.0 Å². The summed E-state index contributed by atoms with van der Waals surface area (Å²) in [6.45, 7) is 7.66. The summed E-state index contributed by atoms with van der Waals surface area (Å²) < 4.78 is 0. The third-order valence-electron chi connectivity index (χ3n) is 5.15. The molecule has 0 saturated heterocycles. The van der Waals surface area contributed by atoms with Gasteiger partial charge in [-0.2, -0.15) is 0 Å². The van der Waals surface area contributed by atoms with Crippen molar-refractivity contribution < 1.29 is 0 Å². The van der Waals surface area contributed by atoms with Gasteiger partial charge >= 0.3 is 0 Å². The van der Waals surface area contributed by atoms with Crippen LogP contribution in [0.25, 0.3) is 0 Å². The molecule has 0 radical (unpaired) electrons. The largest absolute Gasteiger partial charge is 0.330 e. The standard InChI is InChI=1S/C18H29N/c1-4-6-15-9-10-16(12-19)18(11-15)17-8-5-7-13(2)14(17)3/h5,7-8,15-16,18H,4,6,9-12,19H2,1-3H3. The summed E-state index contributed by atoms with van der Waals surface area (Å²) in [6, 6.07) is 6.78. The zero-order valence-electron chi connectivity index (χ0n) is 12.8. The molecule has 1 aliphatic carbocycles. The molecule has 2 rings (SSSR count). The van der Waals surface area contributed by atoms with E-state index in [1.165, 1.54) is 43.2 Å². The highest BCUT2D eigenvalue weighted by molar-refractivity contribution is 5.36. The molecule has 106 valence electrons. The number of aryl methyl sites for hydroxylation is 1. The first-order valence-corrected chi connectivity index (χ1v) is 7.93. The zero-order valence-corrected chi connectivity index (χ0v) is 12.8. The van der Waals surface area contributed by atoms with Crippen molar-refractivity contribution in [1.29, 1.82) is 0 Å². The summed E-state index contributed by atoms with van der Waals surface area (Å²) >= 11 is 0. The van der Waals surface area contributed by atoms with Crippen molar-refractivity contribution in [2.45, 2.75) is 58.8 Å². The second kappa shape index (κ2) is 6.56. The van der Waals surface area contributed by atoms with Gasteiger partial charge in [0.2, 0.25) is 0 Å². The van der Waals surface area contributed by atoms with E-state index in [4.69, 9.17) is 5.73 Å². The lowest BCUT2D eigenvalue weighted by Crippen LogP contribution is -2.29. The summed E-state index contributed by atoms with van der Waals surface area (Å²) in [5.41, 5.74) is 10.5. The molecule has 3 atom stereocenters. The van der Waals surface area contributed by atoms with Crippen molar-refractivity contribution in [3.05, 3.63) is 34.9 Å². The van der Waals surface area contributed by atoms with E-state index in [1.807, 2.05) is 0 Å². The summed E-state index contributed by atoms with van der Waals surface area (Å²) in [6.07, 6.45) is 6.76. The Kier molecular flexibility index (Phi) is 5.04. The van der Waals surface area contributed by atoms with Crippen LogP contribution in [0.1, 0.15) is 61.6 Å². The highest BCUT2D eigenvalue weighted by Gasteiger charge is 2.31. The van der Waals surface area contributed by atoms with E-state index in [-0.39, 0.29) is 0 Å². The van der Waals surface area contributed by atoms with E-state index in [9.17, 15) is 0 Å². The van der Waals surface area contributed by atoms with Crippen LogP contribution in [0, 0.1) is 25.7 Å². The number of nitrogens with two attached hydrogens (primary N) is 1. The Morgan fingerprint density at radius 2 is 2.00 bits per heavy atom. The lowest BCUT2D eigenvalue weighted by atomic mass is 9.69. The van der Waals surface area contributed by atoms with Crippen LogP contribution >= 0.6 is 0 Å². The predicted octanol–water partition coefficient (Wildman–Crippen LogP) is 4.56. The van der Waals surface area contributed by atoms with Crippen molar-refractivity contribution in [1.82, 2.24) is 0 Å². The van der Waals surface area contributed by atoms with E-state index in [0.717, 1.165) is 12.5 Å². The maximum Gasteiger partial charge on any atom is -0.00430 e. The maximum atomic E-state index is 6.04. The van der Waals surface area contributed by atoms with Crippen LogP contribution in [0.3, 0.4) is 0 Å². The first kappa shape index (κ1) is 14.6. The van der Waals surface area contributed by atoms with Crippen molar-refractivity contribution in [2.75, 3.05) is 6.54 Å². The second-order valence-electron chi connectivity index (χ2n) is 6.36. The fourth-order valence-corrected chi connectivity index (χ4v) is 3.83. The van der Waals surface area contributed by atoms with Crippen LogP contribution < -0.4 is 5.73 Å². The van der Waals surface area contributed by atoms with Gasteiger partial charge in [0.25, 0.3) is 0 Å². The molecule has 1 heteroatoms. The van der Waals surface area contributed by atoms with Gasteiger partial charge in [-0.15, -0.1) is 0 Å². The number of hydrogen-bond acceptors (Lipinski definition) is 1. The molecule has 1 fully saturated rings. The molecular formula is C18H29N. The molecule has 1 aliphatic rings. The summed E-state index contributed by atoms with van der Waals surface area (Å²) in [5, 5.41) is 0. The van der Waals surface area contributed by atoms with Gasteiger partial charge in [0.05, 0.1) is 0 Å². The van der Waals surface area contributed by atoms with Gasteiger partial charge in [0.15, 0.2) is 0 Å². The monoisotopic (exact) mass is 259 g/mol. The minimum Gasteiger partial charge on any atom is -0.330 e. The van der Waals surface area contributed by atoms with Crippen molar-refractivity contribution in [3.8, 4) is 0 Å². The first-order valence-electron chi connectivity index (χ1n) is 7.93. The van der Waals surface area contributed by atoms with Crippen LogP contribution in [0.15, 0.2) is 18.2 Å². The van der Waals surface area contributed by atoms with E-state index >= 15 is 0 Å². The molecule has 1 saturated carbocycles. The molecule has 0 spiro atoms. The summed E-state index contributed by atoms with van der Waals surface area (Å²) in [7, 11) is 0. The zero-order chi connectivity index (χ0) is 13.8. The van der Waals surface area contributed by atoms with Crippen molar-refractivity contribution >= 4 is 0 Å². The molecule has 1 nitrogen and oxygen atoms in total. The lowest BCUT2D eigenvalue weighted by Gasteiger charge is -2.37. The van der Waals surface area contributed by atoms with Crippen molar-refractivity contribution in [2.24, 2.45) is 17.6 Å². The number of rotatable bonds is 4. The Hall–Kier alpha value is -0.820. The highest BCUT2D eigenvalue weighted by Crippen LogP contribution is 2.43. The minimum atomic E-state index is 0.689. The molecule has 0 amide bonds. The molecule has 1 aromatic carbocycles. The summed E-state index contributed by atoms with van der Waals surface area (Å²) in [4.78, 5) is 0. The van der Waals surface area contributed by atoms with Crippen LogP contribution in [0.2, 0.25) is 0 Å². The molecule has 1 aromatic rings. The van der Waals surface area contributed by atoms with E-state index in [0.29, 0.717) is 11.8 Å². The van der Waals surface area contributed by atoms with E-state index in [1.54, 1.807) is 5.56 Å². The molecule has 2 N–H and O–H groups in total. The van der Waals surface area contributed by atoms with E-state index < -0.39 is 0 Å². The predicted molar refractivity (Wildman–Crippen MR) is 83.5 cm³/mol. The van der Waals surface area contributed by atoms with Gasteiger partial charge in [-0.25, -0.2) is 0 Å². The Morgan fingerprint density at radius 1 is 1.21 bits per heavy atom. The highest BCUT2D eigenvalue weighted by atomic mass is 14.6. The maximum absolute atomic E-state index is 6.04. The van der Waals surface area contributed by atoms with Crippen molar-refractivity contribution in [3.63, 3.8) is 0 Å². The normalized spacial score (nSPS) is 27.5. The molecule has 0 aliphatic heterocycles. The SMILES string of the molecule is CCCC1CCC(CN)C(c2cccc(C)c2C)C1. The van der Waals surface area contributed by atoms with Gasteiger partial charge < -0.3 is 5.73 Å². The van der Waals surface area contributed by atoms with Gasteiger partial charge in [-0.1, -0.05) is 44.4 Å².